The van der Waals surface area contributed by atoms with Crippen LogP contribution in [-0.2, 0) is 0 Å². The summed E-state index contributed by atoms with van der Waals surface area (Å²) in [5.41, 5.74) is -0.00435. The number of hydrogen-bond acceptors (Lipinski definition) is 1. The second-order valence-electron chi connectivity index (χ2n) is 2.39. The monoisotopic (exact) mass is 202 g/mol. The Labute approximate surface area is 81.2 Å². The van der Waals surface area contributed by atoms with Crippen LogP contribution in [0.25, 0.3) is 0 Å². The molecule has 2 nitrogen and oxygen atoms in total. The highest BCUT2D eigenvalue weighted by atomic mass is 19.2. The minimum Gasteiger partial charge on any atom is -0.478 e. The molecule has 78 valence electrons. The first-order valence-electron chi connectivity index (χ1n) is 4.21. The van der Waals surface area contributed by atoms with E-state index in [9.17, 15) is 13.6 Å². The van der Waals surface area contributed by atoms with Crippen molar-refractivity contribution in [1.29, 1.82) is 0 Å². The molecule has 1 aromatic rings. The molecule has 1 aromatic carbocycles. The summed E-state index contributed by atoms with van der Waals surface area (Å²) in [6.07, 6.45) is 0. The van der Waals surface area contributed by atoms with Gasteiger partial charge in [-0.25, -0.2) is 13.6 Å². The normalized spacial score (nSPS) is 8.93. The maximum atomic E-state index is 12.5. The summed E-state index contributed by atoms with van der Waals surface area (Å²) in [7, 11) is 0. The summed E-state index contributed by atoms with van der Waals surface area (Å²) in [6.45, 7) is 5.41. The smallest absolute Gasteiger partial charge is 0.336 e. The average molecular weight is 202 g/mol. The first-order valence-corrected chi connectivity index (χ1v) is 4.21. The first kappa shape index (κ1) is 12.6. The second kappa shape index (κ2) is 5.32. The van der Waals surface area contributed by atoms with Crippen molar-refractivity contribution < 1.29 is 18.7 Å². The van der Waals surface area contributed by atoms with E-state index in [1.54, 1.807) is 0 Å². The number of carbonyl (C=O) groups is 1. The van der Waals surface area contributed by atoms with Gasteiger partial charge in [0.1, 0.15) is 0 Å². The van der Waals surface area contributed by atoms with Crippen LogP contribution in [0.15, 0.2) is 12.1 Å². The van der Waals surface area contributed by atoms with Crippen LogP contribution in [0.4, 0.5) is 8.78 Å². The molecule has 1 rings (SSSR count). The zero-order chi connectivity index (χ0) is 11.3. The number of hydrogen-bond donors (Lipinski definition) is 1. The molecule has 0 aliphatic carbocycles. The number of halogens is 2. The van der Waals surface area contributed by atoms with Crippen LogP contribution in [-0.4, -0.2) is 11.1 Å². The third-order valence-corrected chi connectivity index (χ3v) is 1.50. The molecule has 0 amide bonds. The molecule has 0 saturated carbocycles. The van der Waals surface area contributed by atoms with E-state index >= 15 is 0 Å². The van der Waals surface area contributed by atoms with Crippen LogP contribution in [0.5, 0.6) is 0 Å². The Kier molecular flexibility index (Phi) is 4.77. The molecule has 4 heteroatoms. The molecular formula is C10H12F2O2. The van der Waals surface area contributed by atoms with Gasteiger partial charge < -0.3 is 5.11 Å². The Morgan fingerprint density at radius 1 is 1.21 bits per heavy atom. The molecule has 0 saturated heterocycles. The van der Waals surface area contributed by atoms with Crippen molar-refractivity contribution in [2.24, 2.45) is 0 Å². The van der Waals surface area contributed by atoms with Gasteiger partial charge in [-0.1, -0.05) is 13.8 Å². The highest BCUT2D eigenvalue weighted by Gasteiger charge is 2.11. The van der Waals surface area contributed by atoms with Crippen molar-refractivity contribution in [3.05, 3.63) is 34.9 Å². The number of benzene rings is 1. The zero-order valence-electron chi connectivity index (χ0n) is 8.27. The van der Waals surface area contributed by atoms with Gasteiger partial charge in [-0.15, -0.1) is 0 Å². The lowest BCUT2D eigenvalue weighted by Gasteiger charge is -2.00. The predicted molar refractivity (Wildman–Crippen MR) is 49.4 cm³/mol. The van der Waals surface area contributed by atoms with Crippen molar-refractivity contribution in [3.8, 4) is 0 Å². The summed E-state index contributed by atoms with van der Waals surface area (Å²) >= 11 is 0. The lowest BCUT2D eigenvalue weighted by atomic mass is 10.1. The lowest BCUT2D eigenvalue weighted by Crippen LogP contribution is -2.01. The van der Waals surface area contributed by atoms with E-state index < -0.39 is 17.6 Å². The fourth-order valence-electron chi connectivity index (χ4n) is 0.877. The largest absolute Gasteiger partial charge is 0.478 e. The molecular weight excluding hydrogens is 190 g/mol. The van der Waals surface area contributed by atoms with Crippen molar-refractivity contribution >= 4 is 5.97 Å². The Morgan fingerprint density at radius 3 is 2.07 bits per heavy atom. The highest BCUT2D eigenvalue weighted by molar-refractivity contribution is 5.89. The van der Waals surface area contributed by atoms with E-state index in [-0.39, 0.29) is 11.1 Å². The summed E-state index contributed by atoms with van der Waals surface area (Å²) in [5.74, 6) is -3.43. The summed E-state index contributed by atoms with van der Waals surface area (Å²) in [6, 6.07) is 1.53. The molecule has 0 spiro atoms. The van der Waals surface area contributed by atoms with Gasteiger partial charge in [-0.3, -0.25) is 0 Å². The van der Waals surface area contributed by atoms with Gasteiger partial charge in [0.05, 0.1) is 5.56 Å². The van der Waals surface area contributed by atoms with E-state index in [1.165, 1.54) is 6.92 Å². The summed E-state index contributed by atoms with van der Waals surface area (Å²) in [4.78, 5) is 10.4. The molecule has 0 heterocycles. The summed E-state index contributed by atoms with van der Waals surface area (Å²) < 4.78 is 24.9. The molecule has 0 unspecified atom stereocenters. The van der Waals surface area contributed by atoms with Gasteiger partial charge in [0.25, 0.3) is 0 Å². The highest BCUT2D eigenvalue weighted by Crippen LogP contribution is 2.13. The van der Waals surface area contributed by atoms with Crippen molar-refractivity contribution in [2.75, 3.05) is 0 Å². The van der Waals surface area contributed by atoms with E-state index in [0.29, 0.717) is 6.07 Å². The number of aryl methyl sites for hydroxylation is 1. The van der Waals surface area contributed by atoms with E-state index in [1.807, 2.05) is 13.8 Å². The van der Waals surface area contributed by atoms with E-state index in [0.717, 1.165) is 6.07 Å². The van der Waals surface area contributed by atoms with Gasteiger partial charge in [0.15, 0.2) is 11.6 Å². The molecule has 0 radical (unpaired) electrons. The standard InChI is InChI=1S/C8H6F2O2.C2H6/c1-4-2-6(9)7(10)3-5(4)8(11)12;1-2/h2-3H,1H3,(H,11,12);1-2H3. The fourth-order valence-corrected chi connectivity index (χ4v) is 0.877. The quantitative estimate of drug-likeness (QED) is 0.760. The van der Waals surface area contributed by atoms with Gasteiger partial charge >= 0.3 is 5.97 Å². The minimum absolute atomic E-state index is 0.210. The predicted octanol–water partition coefficient (Wildman–Crippen LogP) is 3.00. The minimum atomic E-state index is -1.26. The molecule has 0 aliphatic rings. The third kappa shape index (κ3) is 2.80. The van der Waals surface area contributed by atoms with Crippen LogP contribution in [0, 0.1) is 18.6 Å². The number of aromatic carboxylic acids is 1. The molecule has 0 fully saturated rings. The lowest BCUT2D eigenvalue weighted by molar-refractivity contribution is 0.0695. The Bertz CT molecular complexity index is 335. The molecule has 0 atom stereocenters. The van der Waals surface area contributed by atoms with E-state index in [2.05, 4.69) is 0 Å². The summed E-state index contributed by atoms with van der Waals surface area (Å²) in [5, 5.41) is 8.49. The number of carboxylic acids is 1. The van der Waals surface area contributed by atoms with Gasteiger partial charge in [-0.05, 0) is 24.6 Å². The van der Waals surface area contributed by atoms with E-state index in [4.69, 9.17) is 5.11 Å². The number of carboxylic acid groups (broad SMARTS) is 1. The maximum absolute atomic E-state index is 12.5. The molecule has 0 bridgehead atoms. The van der Waals surface area contributed by atoms with Crippen LogP contribution in [0.3, 0.4) is 0 Å². The Hall–Kier alpha value is -1.45. The first-order chi connectivity index (χ1) is 6.52. The van der Waals surface area contributed by atoms with Crippen LogP contribution < -0.4 is 0 Å². The van der Waals surface area contributed by atoms with Gasteiger partial charge in [0, 0.05) is 0 Å². The molecule has 0 aromatic heterocycles. The van der Waals surface area contributed by atoms with Crippen molar-refractivity contribution in [3.63, 3.8) is 0 Å². The van der Waals surface area contributed by atoms with Crippen LogP contribution in [0.1, 0.15) is 29.8 Å². The zero-order valence-corrected chi connectivity index (χ0v) is 8.27. The Balaban J connectivity index is 0.000000791. The van der Waals surface area contributed by atoms with Crippen molar-refractivity contribution in [1.82, 2.24) is 0 Å². The van der Waals surface area contributed by atoms with Crippen LogP contribution in [0.2, 0.25) is 0 Å². The van der Waals surface area contributed by atoms with Gasteiger partial charge in [-0.2, -0.15) is 0 Å². The average Bonchev–Trinajstić information content (AvgIpc) is 2.14. The SMILES string of the molecule is CC.Cc1cc(F)c(F)cc1C(=O)O. The van der Waals surface area contributed by atoms with Gasteiger partial charge in [0.2, 0.25) is 0 Å². The fraction of sp³-hybridized carbons (Fsp3) is 0.300. The Morgan fingerprint density at radius 2 is 1.64 bits per heavy atom. The topological polar surface area (TPSA) is 37.3 Å². The second-order valence-corrected chi connectivity index (χ2v) is 2.39. The van der Waals surface area contributed by atoms with Crippen LogP contribution >= 0.6 is 0 Å². The molecule has 14 heavy (non-hydrogen) atoms. The number of rotatable bonds is 1. The molecule has 0 aliphatic heterocycles. The molecule has 1 N–H and O–H groups in total. The third-order valence-electron chi connectivity index (χ3n) is 1.50. The maximum Gasteiger partial charge on any atom is 0.336 e. The van der Waals surface area contributed by atoms with Crippen molar-refractivity contribution in [2.45, 2.75) is 20.8 Å².